The molecule has 0 saturated heterocycles. The van der Waals surface area contributed by atoms with Crippen molar-refractivity contribution in [2.45, 2.75) is 19.4 Å². The molecule has 0 unspecified atom stereocenters. The quantitative estimate of drug-likeness (QED) is 0.832. The number of nitrogens with zero attached hydrogens (tertiary/aromatic N) is 1. The normalized spacial score (nSPS) is 10.3. The molecular weight excluding hydrogens is 279 g/mol. The van der Waals surface area contributed by atoms with Gasteiger partial charge in [0.05, 0.1) is 19.2 Å². The van der Waals surface area contributed by atoms with Gasteiger partial charge in [-0.1, -0.05) is 12.1 Å². The van der Waals surface area contributed by atoms with Gasteiger partial charge in [0.1, 0.15) is 5.82 Å². The zero-order valence-electron chi connectivity index (χ0n) is 11.1. The second kappa shape index (κ2) is 7.00. The van der Waals surface area contributed by atoms with Crippen molar-refractivity contribution in [1.29, 1.82) is 0 Å². The third kappa shape index (κ3) is 4.31. The van der Waals surface area contributed by atoms with E-state index in [1.54, 1.807) is 6.07 Å². The minimum absolute atomic E-state index is 0.243. The molecule has 0 amide bonds. The first kappa shape index (κ1) is 14.5. The summed E-state index contributed by atoms with van der Waals surface area (Å²) < 4.78 is 17.6. The maximum atomic E-state index is 13.0. The fraction of sp³-hybridized carbons (Fsp3) is 0.286. The summed E-state index contributed by atoms with van der Waals surface area (Å²) in [5.74, 6) is -0.491. The number of carbonyl (C=O) groups excluding carboxylic acids is 1. The van der Waals surface area contributed by atoms with E-state index < -0.39 is 0 Å². The lowest BCUT2D eigenvalue weighted by Crippen LogP contribution is -2.02. The van der Waals surface area contributed by atoms with Gasteiger partial charge in [0.15, 0.2) is 5.13 Å². The van der Waals surface area contributed by atoms with Crippen LogP contribution in [0.25, 0.3) is 0 Å². The van der Waals surface area contributed by atoms with E-state index in [0.717, 1.165) is 16.4 Å². The number of halogens is 1. The van der Waals surface area contributed by atoms with E-state index in [0.29, 0.717) is 19.4 Å². The molecule has 4 nitrogen and oxygen atoms in total. The Morgan fingerprint density at radius 3 is 3.10 bits per heavy atom. The zero-order valence-corrected chi connectivity index (χ0v) is 11.9. The van der Waals surface area contributed by atoms with E-state index in [1.165, 1.54) is 30.6 Å². The lowest BCUT2D eigenvalue weighted by molar-refractivity contribution is -0.140. The largest absolute Gasteiger partial charge is 0.469 e. The summed E-state index contributed by atoms with van der Waals surface area (Å²) in [5, 5.41) is 5.79. The van der Waals surface area contributed by atoms with Gasteiger partial charge in [0.25, 0.3) is 0 Å². The van der Waals surface area contributed by atoms with Crippen LogP contribution in [0.3, 0.4) is 0 Å². The lowest BCUT2D eigenvalue weighted by atomic mass is 10.2. The number of aromatic nitrogens is 1. The molecule has 1 aromatic carbocycles. The van der Waals surface area contributed by atoms with E-state index in [9.17, 15) is 9.18 Å². The van der Waals surface area contributed by atoms with Crippen molar-refractivity contribution in [3.05, 3.63) is 46.7 Å². The predicted molar refractivity (Wildman–Crippen MR) is 76.2 cm³/mol. The number of rotatable bonds is 6. The van der Waals surface area contributed by atoms with Crippen molar-refractivity contribution in [1.82, 2.24) is 4.98 Å². The highest BCUT2D eigenvalue weighted by molar-refractivity contribution is 7.13. The molecule has 2 rings (SSSR count). The molecule has 0 aliphatic carbocycles. The summed E-state index contributed by atoms with van der Waals surface area (Å²) in [4.78, 5) is 15.4. The van der Waals surface area contributed by atoms with E-state index in [1.807, 2.05) is 11.4 Å². The van der Waals surface area contributed by atoms with Crippen LogP contribution in [0.4, 0.5) is 9.52 Å². The Hall–Kier alpha value is -1.95. The van der Waals surface area contributed by atoms with Crippen molar-refractivity contribution in [3.63, 3.8) is 0 Å². The summed E-state index contributed by atoms with van der Waals surface area (Å²) in [7, 11) is 1.37. The minimum Gasteiger partial charge on any atom is -0.469 e. The average molecular weight is 294 g/mol. The highest BCUT2D eigenvalue weighted by Crippen LogP contribution is 2.17. The maximum Gasteiger partial charge on any atom is 0.305 e. The summed E-state index contributed by atoms with van der Waals surface area (Å²) >= 11 is 1.46. The first-order valence-corrected chi connectivity index (χ1v) is 7.05. The first-order valence-electron chi connectivity index (χ1n) is 6.17. The number of methoxy groups -OCH3 is 1. The number of carbonyl (C=O) groups is 1. The number of ether oxygens (including phenoxy) is 1. The fourth-order valence-corrected chi connectivity index (χ4v) is 2.40. The van der Waals surface area contributed by atoms with Gasteiger partial charge in [-0.15, -0.1) is 11.3 Å². The summed E-state index contributed by atoms with van der Waals surface area (Å²) in [6.45, 7) is 0.516. The number of nitrogens with one attached hydrogen (secondary N) is 1. The summed E-state index contributed by atoms with van der Waals surface area (Å²) in [6, 6.07) is 6.43. The Bertz CT molecular complexity index is 586. The standard InChI is InChI=1S/C14H15FN2O2S/c1-19-13(18)6-5-12-9-20-14(17-12)16-8-10-3-2-4-11(15)7-10/h2-4,7,9H,5-6,8H2,1H3,(H,16,17). The van der Waals surface area contributed by atoms with E-state index >= 15 is 0 Å². The molecule has 0 spiro atoms. The van der Waals surface area contributed by atoms with Crippen LogP contribution in [0.5, 0.6) is 0 Å². The Kier molecular flexibility index (Phi) is 5.06. The maximum absolute atomic E-state index is 13.0. The highest BCUT2D eigenvalue weighted by atomic mass is 32.1. The Labute approximate surface area is 120 Å². The van der Waals surface area contributed by atoms with Crippen LogP contribution in [-0.2, 0) is 22.5 Å². The van der Waals surface area contributed by atoms with Gasteiger partial charge in [0.2, 0.25) is 0 Å². The second-order valence-corrected chi connectivity index (χ2v) is 5.06. The van der Waals surface area contributed by atoms with Gasteiger partial charge in [-0.3, -0.25) is 4.79 Å². The molecule has 0 radical (unpaired) electrons. The monoisotopic (exact) mass is 294 g/mol. The van der Waals surface area contributed by atoms with Crippen LogP contribution < -0.4 is 5.32 Å². The van der Waals surface area contributed by atoms with Crippen molar-refractivity contribution in [3.8, 4) is 0 Å². The molecule has 0 aliphatic heterocycles. The molecule has 2 aromatic rings. The van der Waals surface area contributed by atoms with Gasteiger partial charge >= 0.3 is 5.97 Å². The SMILES string of the molecule is COC(=O)CCc1csc(NCc2cccc(F)c2)n1. The van der Waals surface area contributed by atoms with Crippen LogP contribution in [0.15, 0.2) is 29.6 Å². The topological polar surface area (TPSA) is 51.2 Å². The van der Waals surface area contributed by atoms with Gasteiger partial charge in [-0.2, -0.15) is 0 Å². The van der Waals surface area contributed by atoms with Crippen LogP contribution in [0.2, 0.25) is 0 Å². The molecular formula is C14H15FN2O2S. The van der Waals surface area contributed by atoms with Crippen molar-refractivity contribution < 1.29 is 13.9 Å². The molecule has 106 valence electrons. The number of hydrogen-bond donors (Lipinski definition) is 1. The van der Waals surface area contributed by atoms with Crippen molar-refractivity contribution in [2.75, 3.05) is 12.4 Å². The minimum atomic E-state index is -0.248. The predicted octanol–water partition coefficient (Wildman–Crippen LogP) is 3.00. The van der Waals surface area contributed by atoms with Crippen LogP contribution >= 0.6 is 11.3 Å². The molecule has 20 heavy (non-hydrogen) atoms. The molecule has 0 aliphatic rings. The van der Waals surface area contributed by atoms with E-state index in [4.69, 9.17) is 0 Å². The molecule has 1 N–H and O–H groups in total. The number of benzene rings is 1. The molecule has 0 fully saturated rings. The van der Waals surface area contributed by atoms with Crippen LogP contribution in [-0.4, -0.2) is 18.1 Å². The lowest BCUT2D eigenvalue weighted by Gasteiger charge is -2.02. The third-order valence-electron chi connectivity index (χ3n) is 2.70. The molecule has 1 heterocycles. The highest BCUT2D eigenvalue weighted by Gasteiger charge is 2.06. The fourth-order valence-electron chi connectivity index (χ4n) is 1.66. The Morgan fingerprint density at radius 1 is 1.50 bits per heavy atom. The van der Waals surface area contributed by atoms with Gasteiger partial charge in [0, 0.05) is 18.3 Å². The number of hydrogen-bond acceptors (Lipinski definition) is 5. The molecule has 6 heteroatoms. The number of anilines is 1. The molecule has 0 atom stereocenters. The van der Waals surface area contributed by atoms with Gasteiger partial charge in [-0.05, 0) is 17.7 Å². The van der Waals surface area contributed by atoms with Crippen molar-refractivity contribution in [2.24, 2.45) is 0 Å². The third-order valence-corrected chi connectivity index (χ3v) is 3.55. The van der Waals surface area contributed by atoms with Crippen LogP contribution in [0, 0.1) is 5.82 Å². The number of thiazole rings is 1. The average Bonchev–Trinajstić information content (AvgIpc) is 2.90. The van der Waals surface area contributed by atoms with Gasteiger partial charge < -0.3 is 10.1 Å². The number of esters is 1. The van der Waals surface area contributed by atoms with E-state index in [-0.39, 0.29) is 11.8 Å². The first-order chi connectivity index (χ1) is 9.67. The zero-order chi connectivity index (χ0) is 14.4. The Balaban J connectivity index is 1.85. The summed E-state index contributed by atoms with van der Waals surface area (Å²) in [6.07, 6.45) is 0.883. The molecule has 0 bridgehead atoms. The molecule has 1 aromatic heterocycles. The van der Waals surface area contributed by atoms with Crippen LogP contribution in [0.1, 0.15) is 17.7 Å². The van der Waals surface area contributed by atoms with Crippen molar-refractivity contribution >= 4 is 22.4 Å². The summed E-state index contributed by atoms with van der Waals surface area (Å²) in [5.41, 5.74) is 1.71. The smallest absolute Gasteiger partial charge is 0.305 e. The van der Waals surface area contributed by atoms with Gasteiger partial charge in [-0.25, -0.2) is 9.37 Å². The molecule has 0 saturated carbocycles. The Morgan fingerprint density at radius 2 is 2.35 bits per heavy atom. The van der Waals surface area contributed by atoms with E-state index in [2.05, 4.69) is 15.0 Å². The number of aryl methyl sites for hydroxylation is 1. The second-order valence-electron chi connectivity index (χ2n) is 4.20.